The van der Waals surface area contributed by atoms with Crippen LogP contribution in [0.15, 0.2) is 52.9 Å². The van der Waals surface area contributed by atoms with Crippen LogP contribution in [-0.2, 0) is 9.59 Å². The molecule has 0 radical (unpaired) electrons. The fraction of sp³-hybridized carbons (Fsp3) is 0.381. The van der Waals surface area contributed by atoms with Crippen molar-refractivity contribution in [2.24, 2.45) is 11.0 Å². The van der Waals surface area contributed by atoms with Gasteiger partial charge in [0.05, 0.1) is 16.6 Å². The number of hydrazone groups is 1. The summed E-state index contributed by atoms with van der Waals surface area (Å²) in [6, 6.07) is 13.9. The molecule has 1 aliphatic heterocycles. The standard InChI is InChI=1S/C21H23N3O2S/c1-23(21(26)16-9-5-10-16)14-20(25)24-18(15-7-3-2-4-8-15)13-17(22-24)19-11-6-12-27-19/h2-4,6-8,11-12,16,18H,5,9-10,13-14H2,1H3/t18-/m1/s1. The van der Waals surface area contributed by atoms with Gasteiger partial charge in [-0.25, -0.2) is 5.01 Å². The first-order valence-electron chi connectivity index (χ1n) is 9.37. The van der Waals surface area contributed by atoms with Crippen LogP contribution in [0.4, 0.5) is 0 Å². The highest BCUT2D eigenvalue weighted by Crippen LogP contribution is 2.34. The van der Waals surface area contributed by atoms with Crippen molar-refractivity contribution in [1.29, 1.82) is 0 Å². The van der Waals surface area contributed by atoms with Crippen LogP contribution in [0.3, 0.4) is 0 Å². The Kier molecular flexibility index (Phi) is 5.07. The van der Waals surface area contributed by atoms with Crippen molar-refractivity contribution in [3.05, 3.63) is 58.3 Å². The van der Waals surface area contributed by atoms with Crippen LogP contribution < -0.4 is 0 Å². The van der Waals surface area contributed by atoms with Crippen LogP contribution in [0.2, 0.25) is 0 Å². The molecule has 0 unspecified atom stereocenters. The molecule has 1 saturated carbocycles. The monoisotopic (exact) mass is 381 g/mol. The highest BCUT2D eigenvalue weighted by Gasteiger charge is 2.35. The molecule has 4 rings (SSSR count). The first-order chi connectivity index (χ1) is 13.1. The van der Waals surface area contributed by atoms with Gasteiger partial charge in [0.1, 0.15) is 6.54 Å². The van der Waals surface area contributed by atoms with E-state index in [1.165, 1.54) is 0 Å². The first-order valence-corrected chi connectivity index (χ1v) is 10.2. The maximum atomic E-state index is 13.0. The second kappa shape index (κ2) is 7.64. The maximum Gasteiger partial charge on any atom is 0.262 e. The van der Waals surface area contributed by atoms with Crippen molar-refractivity contribution < 1.29 is 9.59 Å². The summed E-state index contributed by atoms with van der Waals surface area (Å²) in [6.45, 7) is 0.0693. The summed E-state index contributed by atoms with van der Waals surface area (Å²) in [5, 5.41) is 8.25. The van der Waals surface area contributed by atoms with E-state index in [9.17, 15) is 9.59 Å². The van der Waals surface area contributed by atoms with E-state index < -0.39 is 0 Å². The minimum absolute atomic E-state index is 0.0693. The van der Waals surface area contributed by atoms with E-state index >= 15 is 0 Å². The molecular weight excluding hydrogens is 358 g/mol. The van der Waals surface area contributed by atoms with E-state index in [0.717, 1.165) is 35.4 Å². The Morgan fingerprint density at radius 2 is 1.96 bits per heavy atom. The Bertz CT molecular complexity index is 844. The summed E-state index contributed by atoms with van der Waals surface area (Å²) in [6.07, 6.45) is 3.67. The average molecular weight is 382 g/mol. The lowest BCUT2D eigenvalue weighted by Gasteiger charge is -2.30. The third-order valence-corrected chi connectivity index (χ3v) is 6.28. The van der Waals surface area contributed by atoms with Crippen LogP contribution in [0.25, 0.3) is 0 Å². The molecule has 5 nitrogen and oxygen atoms in total. The van der Waals surface area contributed by atoms with Crippen LogP contribution in [0.5, 0.6) is 0 Å². The number of carbonyl (C=O) groups excluding carboxylic acids is 2. The van der Waals surface area contributed by atoms with Gasteiger partial charge in [-0.1, -0.05) is 42.8 Å². The van der Waals surface area contributed by atoms with Gasteiger partial charge in [0, 0.05) is 19.4 Å². The van der Waals surface area contributed by atoms with Gasteiger partial charge >= 0.3 is 0 Å². The molecule has 0 N–H and O–H groups in total. The van der Waals surface area contributed by atoms with Crippen molar-refractivity contribution in [1.82, 2.24) is 9.91 Å². The van der Waals surface area contributed by atoms with E-state index in [2.05, 4.69) is 5.10 Å². The van der Waals surface area contributed by atoms with Crippen LogP contribution in [-0.4, -0.2) is 41.0 Å². The van der Waals surface area contributed by atoms with Crippen molar-refractivity contribution in [2.45, 2.75) is 31.7 Å². The van der Waals surface area contributed by atoms with Gasteiger partial charge in [0.15, 0.2) is 0 Å². The number of likely N-dealkylation sites (N-methyl/N-ethyl adjacent to an activating group) is 1. The molecule has 0 spiro atoms. The third-order valence-electron chi connectivity index (χ3n) is 5.36. The lowest BCUT2D eigenvalue weighted by molar-refractivity contribution is -0.144. The number of hydrogen-bond acceptors (Lipinski definition) is 4. The molecule has 2 aliphatic rings. The summed E-state index contributed by atoms with van der Waals surface area (Å²) in [4.78, 5) is 28.1. The van der Waals surface area contributed by atoms with Crippen molar-refractivity contribution in [3.8, 4) is 0 Å². The van der Waals surface area contributed by atoms with Gasteiger partial charge in [-0.2, -0.15) is 5.10 Å². The number of carbonyl (C=O) groups is 2. The molecule has 2 aromatic rings. The summed E-state index contributed by atoms with van der Waals surface area (Å²) < 4.78 is 0. The molecular formula is C21H23N3O2S. The Labute approximate surface area is 163 Å². The predicted octanol–water partition coefficient (Wildman–Crippen LogP) is 3.68. The minimum Gasteiger partial charge on any atom is -0.336 e. The van der Waals surface area contributed by atoms with Gasteiger partial charge in [-0.3, -0.25) is 9.59 Å². The molecule has 2 heterocycles. The second-order valence-corrected chi connectivity index (χ2v) is 8.16. The second-order valence-electron chi connectivity index (χ2n) is 7.22. The van der Waals surface area contributed by atoms with Crippen molar-refractivity contribution in [3.63, 3.8) is 0 Å². The zero-order valence-corrected chi connectivity index (χ0v) is 16.2. The quantitative estimate of drug-likeness (QED) is 0.793. The van der Waals surface area contributed by atoms with Gasteiger partial charge in [0.25, 0.3) is 5.91 Å². The largest absolute Gasteiger partial charge is 0.336 e. The van der Waals surface area contributed by atoms with E-state index in [-0.39, 0.29) is 30.3 Å². The van der Waals surface area contributed by atoms with Gasteiger partial charge in [0.2, 0.25) is 5.91 Å². The van der Waals surface area contributed by atoms with Gasteiger partial charge in [-0.05, 0) is 29.9 Å². The Morgan fingerprint density at radius 1 is 1.19 bits per heavy atom. The molecule has 27 heavy (non-hydrogen) atoms. The minimum atomic E-state index is -0.134. The van der Waals surface area contributed by atoms with Crippen LogP contribution in [0.1, 0.15) is 42.2 Å². The molecule has 140 valence electrons. The fourth-order valence-corrected chi connectivity index (χ4v) is 4.31. The SMILES string of the molecule is CN(CC(=O)N1N=C(c2cccs2)C[C@@H]1c1ccccc1)C(=O)C1CCC1. The normalized spacial score (nSPS) is 19.5. The average Bonchev–Trinajstić information content (AvgIpc) is 3.30. The maximum absolute atomic E-state index is 13.0. The zero-order valence-electron chi connectivity index (χ0n) is 15.4. The molecule has 1 aromatic carbocycles. The van der Waals surface area contributed by atoms with Gasteiger partial charge < -0.3 is 4.90 Å². The summed E-state index contributed by atoms with van der Waals surface area (Å²) in [7, 11) is 1.72. The van der Waals surface area contributed by atoms with Crippen molar-refractivity contribution >= 4 is 28.9 Å². The lowest BCUT2D eigenvalue weighted by atomic mass is 9.84. The highest BCUT2D eigenvalue weighted by molar-refractivity contribution is 7.12. The molecule has 6 heteroatoms. The molecule has 1 aromatic heterocycles. The van der Waals surface area contributed by atoms with E-state index in [1.54, 1.807) is 28.3 Å². The lowest BCUT2D eigenvalue weighted by Crippen LogP contribution is -2.42. The molecule has 0 bridgehead atoms. The molecule has 0 saturated heterocycles. The number of nitrogens with zero attached hydrogens (tertiary/aromatic N) is 3. The summed E-state index contributed by atoms with van der Waals surface area (Å²) >= 11 is 1.63. The fourth-order valence-electron chi connectivity index (χ4n) is 3.59. The smallest absolute Gasteiger partial charge is 0.262 e. The van der Waals surface area contributed by atoms with E-state index in [1.807, 2.05) is 47.8 Å². The number of hydrogen-bond donors (Lipinski definition) is 0. The number of benzene rings is 1. The van der Waals surface area contributed by atoms with Crippen LogP contribution in [0, 0.1) is 5.92 Å². The Balaban J connectivity index is 1.54. The number of thiophene rings is 1. The van der Waals surface area contributed by atoms with E-state index in [0.29, 0.717) is 6.42 Å². The molecule has 1 aliphatic carbocycles. The van der Waals surface area contributed by atoms with E-state index in [4.69, 9.17) is 0 Å². The molecule has 1 atom stereocenters. The Morgan fingerprint density at radius 3 is 2.59 bits per heavy atom. The van der Waals surface area contributed by atoms with Crippen molar-refractivity contribution in [2.75, 3.05) is 13.6 Å². The van der Waals surface area contributed by atoms with Gasteiger partial charge in [-0.15, -0.1) is 11.3 Å². The summed E-state index contributed by atoms with van der Waals surface area (Å²) in [5.74, 6) is 0.0366. The summed E-state index contributed by atoms with van der Waals surface area (Å²) in [5.41, 5.74) is 1.99. The predicted molar refractivity (Wildman–Crippen MR) is 106 cm³/mol. The number of rotatable bonds is 5. The first kappa shape index (κ1) is 17.9. The highest BCUT2D eigenvalue weighted by atomic mass is 32.1. The van der Waals surface area contributed by atoms with Crippen LogP contribution >= 0.6 is 11.3 Å². The molecule has 1 fully saturated rings. The zero-order chi connectivity index (χ0) is 18.8. The molecule has 2 amide bonds. The topological polar surface area (TPSA) is 53.0 Å². The third kappa shape index (κ3) is 3.67. The number of amides is 2. The Hall–Kier alpha value is -2.47.